The molecule has 0 heterocycles. The van der Waals surface area contributed by atoms with E-state index in [2.05, 4.69) is 19.1 Å². The molecule has 0 N–H and O–H groups in total. The number of ether oxygens (including phenoxy) is 1. The summed E-state index contributed by atoms with van der Waals surface area (Å²) in [4.78, 5) is 0. The smallest absolute Gasteiger partial charge is 0.0939 e. The Morgan fingerprint density at radius 3 is 2.17 bits per heavy atom. The van der Waals surface area contributed by atoms with Gasteiger partial charge in [0.05, 0.1) is 5.60 Å². The molecule has 0 aliphatic heterocycles. The van der Waals surface area contributed by atoms with Crippen LogP contribution in [0, 0.1) is 0 Å². The van der Waals surface area contributed by atoms with Crippen LogP contribution in [0.2, 0.25) is 5.02 Å². The number of halogens is 1. The Morgan fingerprint density at radius 2 is 1.61 bits per heavy atom. The zero-order valence-electron chi connectivity index (χ0n) is 10.7. The summed E-state index contributed by atoms with van der Waals surface area (Å²) >= 11 is 5.90. The Labute approximate surface area is 113 Å². The van der Waals surface area contributed by atoms with Crippen LogP contribution in [0.1, 0.15) is 18.1 Å². The molecule has 0 bridgehead atoms. The molecule has 1 unspecified atom stereocenters. The fourth-order valence-electron chi connectivity index (χ4n) is 2.07. The second-order valence-corrected chi connectivity index (χ2v) is 5.04. The SMILES string of the molecule is COC(C)(Cc1ccc(Cl)cc1)c1ccccc1. The molecule has 2 heteroatoms. The number of benzene rings is 2. The Balaban J connectivity index is 2.26. The molecule has 2 aromatic carbocycles. The second kappa shape index (κ2) is 5.55. The molecule has 0 saturated carbocycles. The molecule has 18 heavy (non-hydrogen) atoms. The molecule has 0 aliphatic carbocycles. The lowest BCUT2D eigenvalue weighted by molar-refractivity contribution is 0.00221. The zero-order chi connectivity index (χ0) is 13.0. The van der Waals surface area contributed by atoms with E-state index < -0.39 is 0 Å². The van der Waals surface area contributed by atoms with Crippen molar-refractivity contribution >= 4 is 11.6 Å². The van der Waals surface area contributed by atoms with Crippen LogP contribution in [0.3, 0.4) is 0 Å². The lowest BCUT2D eigenvalue weighted by Gasteiger charge is -2.29. The molecule has 1 atom stereocenters. The van der Waals surface area contributed by atoms with Crippen molar-refractivity contribution in [2.75, 3.05) is 7.11 Å². The summed E-state index contributed by atoms with van der Waals surface area (Å²) in [6.07, 6.45) is 0.824. The molecule has 0 spiro atoms. The molecule has 0 aromatic heterocycles. The first-order chi connectivity index (χ1) is 8.64. The van der Waals surface area contributed by atoms with E-state index in [1.807, 2.05) is 42.5 Å². The third-order valence-electron chi connectivity index (χ3n) is 3.29. The van der Waals surface area contributed by atoms with Crippen molar-refractivity contribution in [1.82, 2.24) is 0 Å². The van der Waals surface area contributed by atoms with Gasteiger partial charge in [-0.3, -0.25) is 0 Å². The molecule has 0 saturated heterocycles. The van der Waals surface area contributed by atoms with Gasteiger partial charge in [-0.1, -0.05) is 54.1 Å². The van der Waals surface area contributed by atoms with Gasteiger partial charge in [-0.15, -0.1) is 0 Å². The van der Waals surface area contributed by atoms with Crippen LogP contribution in [-0.4, -0.2) is 7.11 Å². The molecule has 0 fully saturated rings. The van der Waals surface area contributed by atoms with Crippen LogP contribution < -0.4 is 0 Å². The van der Waals surface area contributed by atoms with Crippen LogP contribution >= 0.6 is 11.6 Å². The van der Waals surface area contributed by atoms with E-state index in [-0.39, 0.29) is 5.60 Å². The Kier molecular flexibility index (Phi) is 4.05. The minimum atomic E-state index is -0.310. The molecule has 2 aromatic rings. The minimum absolute atomic E-state index is 0.310. The molecule has 0 aliphatic rings. The highest BCUT2D eigenvalue weighted by molar-refractivity contribution is 6.30. The van der Waals surface area contributed by atoms with E-state index in [0.717, 1.165) is 11.4 Å². The van der Waals surface area contributed by atoms with E-state index in [0.29, 0.717) is 0 Å². The monoisotopic (exact) mass is 260 g/mol. The molecule has 0 amide bonds. The van der Waals surface area contributed by atoms with Crippen molar-refractivity contribution in [2.24, 2.45) is 0 Å². The van der Waals surface area contributed by atoms with Crippen LogP contribution in [0.15, 0.2) is 54.6 Å². The van der Waals surface area contributed by atoms with Gasteiger partial charge in [0.2, 0.25) is 0 Å². The number of rotatable bonds is 4. The summed E-state index contributed by atoms with van der Waals surface area (Å²) in [6, 6.07) is 18.2. The Morgan fingerprint density at radius 1 is 1.00 bits per heavy atom. The van der Waals surface area contributed by atoms with Gasteiger partial charge in [0.25, 0.3) is 0 Å². The largest absolute Gasteiger partial charge is 0.373 e. The summed E-state index contributed by atoms with van der Waals surface area (Å²) in [7, 11) is 1.75. The summed E-state index contributed by atoms with van der Waals surface area (Å²) in [5.74, 6) is 0. The maximum Gasteiger partial charge on any atom is 0.0939 e. The fourth-order valence-corrected chi connectivity index (χ4v) is 2.20. The average molecular weight is 261 g/mol. The average Bonchev–Trinajstić information content (AvgIpc) is 2.42. The van der Waals surface area contributed by atoms with Crippen LogP contribution in [0.4, 0.5) is 0 Å². The Hall–Kier alpha value is -1.31. The minimum Gasteiger partial charge on any atom is -0.373 e. The summed E-state index contributed by atoms with van der Waals surface area (Å²) in [5, 5.41) is 0.762. The first kappa shape index (κ1) is 13.1. The maximum absolute atomic E-state index is 5.90. The predicted molar refractivity (Wildman–Crippen MR) is 76.0 cm³/mol. The molecular formula is C16H17ClO. The van der Waals surface area contributed by atoms with E-state index >= 15 is 0 Å². The van der Waals surface area contributed by atoms with Gasteiger partial charge in [0.1, 0.15) is 0 Å². The molecule has 1 nitrogen and oxygen atoms in total. The number of hydrogen-bond donors (Lipinski definition) is 0. The van der Waals surface area contributed by atoms with Crippen molar-refractivity contribution in [3.05, 3.63) is 70.7 Å². The summed E-state index contributed by atoms with van der Waals surface area (Å²) in [6.45, 7) is 2.11. The Bertz CT molecular complexity index is 492. The summed E-state index contributed by atoms with van der Waals surface area (Å²) in [5.41, 5.74) is 2.09. The molecule has 94 valence electrons. The quantitative estimate of drug-likeness (QED) is 0.789. The molecule has 2 rings (SSSR count). The van der Waals surface area contributed by atoms with Crippen molar-refractivity contribution < 1.29 is 4.74 Å². The van der Waals surface area contributed by atoms with Gasteiger partial charge in [-0.25, -0.2) is 0 Å². The van der Waals surface area contributed by atoms with Crippen LogP contribution in [-0.2, 0) is 16.8 Å². The van der Waals surface area contributed by atoms with Crippen LogP contribution in [0.25, 0.3) is 0 Å². The highest BCUT2D eigenvalue weighted by Crippen LogP contribution is 2.29. The lowest BCUT2D eigenvalue weighted by Crippen LogP contribution is -2.27. The molecular weight excluding hydrogens is 244 g/mol. The van der Waals surface area contributed by atoms with E-state index in [1.165, 1.54) is 11.1 Å². The topological polar surface area (TPSA) is 9.23 Å². The number of hydrogen-bond acceptors (Lipinski definition) is 1. The van der Waals surface area contributed by atoms with Crippen molar-refractivity contribution in [2.45, 2.75) is 18.9 Å². The maximum atomic E-state index is 5.90. The van der Waals surface area contributed by atoms with Gasteiger partial charge in [-0.05, 0) is 30.2 Å². The fraction of sp³-hybridized carbons (Fsp3) is 0.250. The van der Waals surface area contributed by atoms with Gasteiger partial charge in [-0.2, -0.15) is 0 Å². The summed E-state index contributed by atoms with van der Waals surface area (Å²) < 4.78 is 5.73. The third kappa shape index (κ3) is 2.92. The van der Waals surface area contributed by atoms with Crippen molar-refractivity contribution in [1.29, 1.82) is 0 Å². The predicted octanol–water partition coefficient (Wildman–Crippen LogP) is 4.44. The highest BCUT2D eigenvalue weighted by Gasteiger charge is 2.26. The molecule has 0 radical (unpaired) electrons. The van der Waals surface area contributed by atoms with Crippen molar-refractivity contribution in [3.63, 3.8) is 0 Å². The zero-order valence-corrected chi connectivity index (χ0v) is 11.4. The normalized spacial score (nSPS) is 14.2. The van der Waals surface area contributed by atoms with E-state index in [1.54, 1.807) is 7.11 Å². The van der Waals surface area contributed by atoms with Gasteiger partial charge < -0.3 is 4.74 Å². The van der Waals surface area contributed by atoms with Crippen molar-refractivity contribution in [3.8, 4) is 0 Å². The van der Waals surface area contributed by atoms with Gasteiger partial charge >= 0.3 is 0 Å². The van der Waals surface area contributed by atoms with Gasteiger partial charge in [0.15, 0.2) is 0 Å². The third-order valence-corrected chi connectivity index (χ3v) is 3.54. The number of methoxy groups -OCH3 is 1. The highest BCUT2D eigenvalue weighted by atomic mass is 35.5. The van der Waals surface area contributed by atoms with Gasteiger partial charge in [0, 0.05) is 18.6 Å². The van der Waals surface area contributed by atoms with E-state index in [4.69, 9.17) is 16.3 Å². The first-order valence-corrected chi connectivity index (χ1v) is 6.37. The van der Waals surface area contributed by atoms with Crippen LogP contribution in [0.5, 0.6) is 0 Å². The first-order valence-electron chi connectivity index (χ1n) is 5.99. The standard InChI is InChI=1S/C16H17ClO/c1-16(18-2,14-6-4-3-5-7-14)12-13-8-10-15(17)11-9-13/h3-11H,12H2,1-2H3. The second-order valence-electron chi connectivity index (χ2n) is 4.60. The lowest BCUT2D eigenvalue weighted by atomic mass is 9.89. The van der Waals surface area contributed by atoms with E-state index in [9.17, 15) is 0 Å².